The first kappa shape index (κ1) is 12.4. The molecule has 0 aromatic carbocycles. The van der Waals surface area contributed by atoms with Crippen molar-refractivity contribution < 1.29 is 14.3 Å². The van der Waals surface area contributed by atoms with Crippen molar-refractivity contribution in [2.75, 3.05) is 33.0 Å². The second kappa shape index (κ2) is 6.00. The van der Waals surface area contributed by atoms with E-state index in [1.807, 2.05) is 4.90 Å². The Bertz CT molecular complexity index is 265. The third kappa shape index (κ3) is 3.43. The predicted octanol–water partition coefficient (Wildman–Crippen LogP) is 0.595. The van der Waals surface area contributed by atoms with E-state index in [0.717, 1.165) is 38.9 Å². The summed E-state index contributed by atoms with van der Waals surface area (Å²) in [7, 11) is 0. The monoisotopic (exact) mass is 240 g/mol. The van der Waals surface area contributed by atoms with E-state index in [2.05, 4.69) is 0 Å². The minimum Gasteiger partial charge on any atom is -0.361 e. The van der Waals surface area contributed by atoms with Crippen LogP contribution in [0.2, 0.25) is 0 Å². The Morgan fingerprint density at radius 2 is 1.65 bits per heavy atom. The molecule has 0 spiro atoms. The summed E-state index contributed by atoms with van der Waals surface area (Å²) in [6.45, 7) is 3.53. The number of carbonyl (C=O) groups is 2. The van der Waals surface area contributed by atoms with Crippen LogP contribution in [-0.4, -0.2) is 54.6 Å². The second-order valence-electron chi connectivity index (χ2n) is 4.64. The molecule has 5 heteroatoms. The molecule has 0 saturated carbocycles. The zero-order valence-corrected chi connectivity index (χ0v) is 10.2. The zero-order valence-electron chi connectivity index (χ0n) is 10.2. The number of likely N-dealkylation sites (tertiary alicyclic amines) is 2. The van der Waals surface area contributed by atoms with E-state index in [0.29, 0.717) is 26.2 Å². The Morgan fingerprint density at radius 3 is 2.24 bits per heavy atom. The molecular weight excluding hydrogens is 220 g/mol. The smallest absolute Gasteiger partial charge is 0.224 e. The highest BCUT2D eigenvalue weighted by atomic mass is 16.5. The van der Waals surface area contributed by atoms with E-state index >= 15 is 0 Å². The number of amides is 2. The number of hydrogen-bond donors (Lipinski definition) is 0. The topological polar surface area (TPSA) is 49.9 Å². The molecular formula is C12H20N2O3. The fraction of sp³-hybridized carbons (Fsp3) is 0.833. The van der Waals surface area contributed by atoms with Crippen molar-refractivity contribution in [3.8, 4) is 0 Å². The van der Waals surface area contributed by atoms with E-state index < -0.39 is 0 Å². The Labute approximate surface area is 102 Å². The summed E-state index contributed by atoms with van der Waals surface area (Å²) in [4.78, 5) is 26.2. The Hall–Kier alpha value is -1.10. The molecule has 0 aromatic heterocycles. The van der Waals surface area contributed by atoms with Gasteiger partial charge in [-0.25, -0.2) is 0 Å². The quantitative estimate of drug-likeness (QED) is 0.639. The van der Waals surface area contributed by atoms with Crippen LogP contribution in [0.3, 0.4) is 0 Å². The summed E-state index contributed by atoms with van der Waals surface area (Å²) in [5.41, 5.74) is 0. The fourth-order valence-corrected chi connectivity index (χ4v) is 2.31. The van der Waals surface area contributed by atoms with Crippen LogP contribution in [0.1, 0.15) is 32.1 Å². The summed E-state index contributed by atoms with van der Waals surface area (Å²) in [6.07, 6.45) is 4.15. The maximum atomic E-state index is 11.3. The molecule has 0 unspecified atom stereocenters. The van der Waals surface area contributed by atoms with Crippen molar-refractivity contribution in [3.05, 3.63) is 0 Å². The number of nitrogens with zero attached hydrogens (tertiary/aromatic N) is 2. The molecule has 2 rings (SSSR count). The van der Waals surface area contributed by atoms with Crippen molar-refractivity contribution in [3.63, 3.8) is 0 Å². The normalized spacial score (nSPS) is 20.7. The Kier molecular flexibility index (Phi) is 4.36. The van der Waals surface area contributed by atoms with Crippen molar-refractivity contribution in [1.82, 2.24) is 9.80 Å². The molecule has 0 N–H and O–H groups in total. The summed E-state index contributed by atoms with van der Waals surface area (Å²) >= 11 is 0. The van der Waals surface area contributed by atoms with Gasteiger partial charge in [0, 0.05) is 32.5 Å². The van der Waals surface area contributed by atoms with Crippen molar-refractivity contribution in [1.29, 1.82) is 0 Å². The van der Waals surface area contributed by atoms with Gasteiger partial charge in [0.1, 0.15) is 6.73 Å². The molecule has 0 aliphatic carbocycles. The van der Waals surface area contributed by atoms with Gasteiger partial charge in [-0.15, -0.1) is 0 Å². The molecule has 2 aliphatic rings. The summed E-state index contributed by atoms with van der Waals surface area (Å²) in [5.74, 6) is 0.458. The largest absolute Gasteiger partial charge is 0.361 e. The van der Waals surface area contributed by atoms with Crippen LogP contribution >= 0.6 is 0 Å². The first-order valence-corrected chi connectivity index (χ1v) is 6.40. The van der Waals surface area contributed by atoms with Gasteiger partial charge >= 0.3 is 0 Å². The molecule has 96 valence electrons. The molecule has 0 radical (unpaired) electrons. The number of ether oxygens (including phenoxy) is 1. The van der Waals surface area contributed by atoms with Crippen LogP contribution < -0.4 is 0 Å². The third-order valence-electron chi connectivity index (χ3n) is 3.31. The molecule has 2 fully saturated rings. The average molecular weight is 240 g/mol. The summed E-state index contributed by atoms with van der Waals surface area (Å²) in [6, 6.07) is 0. The molecule has 2 aliphatic heterocycles. The molecule has 0 atom stereocenters. The maximum absolute atomic E-state index is 11.3. The lowest BCUT2D eigenvalue weighted by molar-refractivity contribution is -0.132. The highest BCUT2D eigenvalue weighted by Gasteiger charge is 2.20. The van der Waals surface area contributed by atoms with E-state index in [9.17, 15) is 9.59 Å². The lowest BCUT2D eigenvalue weighted by atomic mass is 10.4. The van der Waals surface area contributed by atoms with E-state index in [-0.39, 0.29) is 11.8 Å². The number of rotatable bonds is 6. The van der Waals surface area contributed by atoms with E-state index in [4.69, 9.17) is 4.74 Å². The van der Waals surface area contributed by atoms with Crippen molar-refractivity contribution in [2.45, 2.75) is 32.1 Å². The van der Waals surface area contributed by atoms with Crippen molar-refractivity contribution in [2.24, 2.45) is 0 Å². The van der Waals surface area contributed by atoms with Crippen LogP contribution in [-0.2, 0) is 14.3 Å². The molecule has 5 nitrogen and oxygen atoms in total. The standard InChI is InChI=1S/C12H20N2O3/c15-11-4-1-6-13(11)8-3-9-17-10-14-7-2-5-12(14)16/h1-10H2. The Morgan fingerprint density at radius 1 is 1.00 bits per heavy atom. The second-order valence-corrected chi connectivity index (χ2v) is 4.64. The van der Waals surface area contributed by atoms with E-state index in [1.165, 1.54) is 0 Å². The highest BCUT2D eigenvalue weighted by Crippen LogP contribution is 2.10. The molecule has 2 amide bonds. The van der Waals surface area contributed by atoms with Crippen LogP contribution in [0.25, 0.3) is 0 Å². The molecule has 2 heterocycles. The lowest BCUT2D eigenvalue weighted by Crippen LogP contribution is -2.29. The fourth-order valence-electron chi connectivity index (χ4n) is 2.31. The number of hydrogen-bond acceptors (Lipinski definition) is 3. The van der Waals surface area contributed by atoms with Crippen LogP contribution in [0.5, 0.6) is 0 Å². The van der Waals surface area contributed by atoms with Gasteiger partial charge in [0.25, 0.3) is 0 Å². The molecule has 17 heavy (non-hydrogen) atoms. The van der Waals surface area contributed by atoms with E-state index in [1.54, 1.807) is 4.90 Å². The van der Waals surface area contributed by atoms with Gasteiger partial charge in [-0.3, -0.25) is 9.59 Å². The first-order valence-electron chi connectivity index (χ1n) is 6.40. The van der Waals surface area contributed by atoms with Gasteiger partial charge in [-0.2, -0.15) is 0 Å². The van der Waals surface area contributed by atoms with Gasteiger partial charge in [0.2, 0.25) is 11.8 Å². The summed E-state index contributed by atoms with van der Waals surface area (Å²) in [5, 5.41) is 0. The van der Waals surface area contributed by atoms with Crippen LogP contribution in [0.4, 0.5) is 0 Å². The predicted molar refractivity (Wildman–Crippen MR) is 62.2 cm³/mol. The minimum atomic E-state index is 0.194. The zero-order chi connectivity index (χ0) is 12.1. The average Bonchev–Trinajstić information content (AvgIpc) is 2.89. The third-order valence-corrected chi connectivity index (χ3v) is 3.31. The van der Waals surface area contributed by atoms with Gasteiger partial charge in [0.15, 0.2) is 0 Å². The van der Waals surface area contributed by atoms with Crippen LogP contribution in [0, 0.1) is 0 Å². The molecule has 0 bridgehead atoms. The van der Waals surface area contributed by atoms with Gasteiger partial charge in [-0.05, 0) is 19.3 Å². The number of carbonyl (C=O) groups excluding carboxylic acids is 2. The Balaban J connectivity index is 1.51. The minimum absolute atomic E-state index is 0.194. The molecule has 0 aromatic rings. The SMILES string of the molecule is O=C1CCCN1CCCOCN1CCCC1=O. The van der Waals surface area contributed by atoms with Gasteiger partial charge in [0.05, 0.1) is 6.61 Å². The molecule has 2 saturated heterocycles. The maximum Gasteiger partial charge on any atom is 0.224 e. The summed E-state index contributed by atoms with van der Waals surface area (Å²) < 4.78 is 5.45. The van der Waals surface area contributed by atoms with Crippen molar-refractivity contribution >= 4 is 11.8 Å². The first-order chi connectivity index (χ1) is 8.27. The highest BCUT2D eigenvalue weighted by molar-refractivity contribution is 5.78. The lowest BCUT2D eigenvalue weighted by Gasteiger charge is -2.17. The van der Waals surface area contributed by atoms with Gasteiger partial charge < -0.3 is 14.5 Å². The van der Waals surface area contributed by atoms with Gasteiger partial charge in [-0.1, -0.05) is 0 Å². The van der Waals surface area contributed by atoms with Crippen LogP contribution in [0.15, 0.2) is 0 Å².